The van der Waals surface area contributed by atoms with Gasteiger partial charge in [-0.25, -0.2) is 0 Å². The summed E-state index contributed by atoms with van der Waals surface area (Å²) in [7, 11) is 0. The van der Waals surface area contributed by atoms with Crippen molar-refractivity contribution in [2.45, 2.75) is 26.9 Å². The summed E-state index contributed by atoms with van der Waals surface area (Å²) in [5, 5.41) is -0.479. The molecule has 0 unspecified atom stereocenters. The zero-order valence-corrected chi connectivity index (χ0v) is 14.6. The summed E-state index contributed by atoms with van der Waals surface area (Å²) in [4.78, 5) is 37.1. The van der Waals surface area contributed by atoms with Gasteiger partial charge >= 0.3 is 5.97 Å². The molecule has 1 aliphatic heterocycles. The number of carbonyl (C=O) groups is 3. The van der Waals surface area contributed by atoms with Gasteiger partial charge in [0.1, 0.15) is 12.3 Å². The molecule has 1 heterocycles. The van der Waals surface area contributed by atoms with E-state index in [9.17, 15) is 14.4 Å². The predicted molar refractivity (Wildman–Crippen MR) is 91.5 cm³/mol. The second-order valence-corrected chi connectivity index (χ2v) is 6.31. The number of rotatable bonds is 6. The fourth-order valence-electron chi connectivity index (χ4n) is 2.08. The van der Waals surface area contributed by atoms with Crippen LogP contribution in [-0.2, 0) is 14.3 Å². The van der Waals surface area contributed by atoms with Crippen LogP contribution in [0.4, 0.5) is 4.79 Å². The van der Waals surface area contributed by atoms with E-state index in [2.05, 4.69) is 0 Å². The summed E-state index contributed by atoms with van der Waals surface area (Å²) in [5.74, 6) is -0.412. The van der Waals surface area contributed by atoms with Gasteiger partial charge in [-0.3, -0.25) is 19.3 Å². The molecule has 2 amide bonds. The van der Waals surface area contributed by atoms with Crippen molar-refractivity contribution >= 4 is 35.0 Å². The molecule has 24 heavy (non-hydrogen) atoms. The molecule has 0 N–H and O–H groups in total. The fraction of sp³-hybridized carbons (Fsp3) is 0.353. The van der Waals surface area contributed by atoms with Gasteiger partial charge in [0.2, 0.25) is 0 Å². The topological polar surface area (TPSA) is 72.9 Å². The van der Waals surface area contributed by atoms with Gasteiger partial charge in [0, 0.05) is 0 Å². The van der Waals surface area contributed by atoms with Gasteiger partial charge in [-0.2, -0.15) is 0 Å². The van der Waals surface area contributed by atoms with Crippen LogP contribution in [-0.4, -0.2) is 41.3 Å². The first-order valence-corrected chi connectivity index (χ1v) is 8.40. The van der Waals surface area contributed by atoms with Crippen LogP contribution in [0.1, 0.15) is 26.3 Å². The number of hydrogen-bond acceptors (Lipinski definition) is 6. The number of amides is 2. The maximum absolute atomic E-state index is 12.3. The van der Waals surface area contributed by atoms with Crippen molar-refractivity contribution in [3.63, 3.8) is 0 Å². The van der Waals surface area contributed by atoms with E-state index in [0.29, 0.717) is 12.4 Å². The molecule has 1 aliphatic rings. The molecule has 0 atom stereocenters. The number of nitrogens with zero attached hydrogens (tertiary/aromatic N) is 1. The van der Waals surface area contributed by atoms with E-state index in [4.69, 9.17) is 9.47 Å². The first-order chi connectivity index (χ1) is 11.4. The van der Waals surface area contributed by atoms with Crippen molar-refractivity contribution in [3.8, 4) is 5.75 Å². The minimum Gasteiger partial charge on any atom is -0.494 e. The molecule has 1 fully saturated rings. The van der Waals surface area contributed by atoms with Crippen LogP contribution >= 0.6 is 11.8 Å². The smallest absolute Gasteiger partial charge is 0.326 e. The molecule has 2 rings (SSSR count). The highest BCUT2D eigenvalue weighted by molar-refractivity contribution is 8.18. The summed E-state index contributed by atoms with van der Waals surface area (Å²) in [6, 6.07) is 7.21. The second-order valence-electron chi connectivity index (χ2n) is 5.31. The molecule has 128 valence electrons. The number of ether oxygens (including phenoxy) is 2. The van der Waals surface area contributed by atoms with Crippen LogP contribution in [0.3, 0.4) is 0 Å². The average molecular weight is 349 g/mol. The zero-order valence-electron chi connectivity index (χ0n) is 13.8. The van der Waals surface area contributed by atoms with Crippen LogP contribution in [0.15, 0.2) is 29.2 Å². The summed E-state index contributed by atoms with van der Waals surface area (Å²) >= 11 is 0.807. The van der Waals surface area contributed by atoms with Gasteiger partial charge in [0.25, 0.3) is 11.1 Å². The monoisotopic (exact) mass is 349 g/mol. The van der Waals surface area contributed by atoms with Crippen molar-refractivity contribution in [2.75, 3.05) is 13.2 Å². The Morgan fingerprint density at radius 1 is 1.33 bits per heavy atom. The van der Waals surface area contributed by atoms with Crippen LogP contribution in [0.5, 0.6) is 5.75 Å². The quantitative estimate of drug-likeness (QED) is 0.580. The van der Waals surface area contributed by atoms with Gasteiger partial charge in [-0.1, -0.05) is 12.1 Å². The van der Waals surface area contributed by atoms with Crippen molar-refractivity contribution in [3.05, 3.63) is 34.7 Å². The van der Waals surface area contributed by atoms with E-state index >= 15 is 0 Å². The Morgan fingerprint density at radius 2 is 2.08 bits per heavy atom. The van der Waals surface area contributed by atoms with E-state index in [1.54, 1.807) is 32.1 Å². The predicted octanol–water partition coefficient (Wildman–Crippen LogP) is 3.07. The van der Waals surface area contributed by atoms with Gasteiger partial charge in [0.05, 0.1) is 17.6 Å². The number of esters is 1. The van der Waals surface area contributed by atoms with E-state index in [-0.39, 0.29) is 17.6 Å². The normalized spacial score (nSPS) is 16.2. The average Bonchev–Trinajstić information content (AvgIpc) is 2.75. The van der Waals surface area contributed by atoms with E-state index in [1.165, 1.54) is 0 Å². The minimum absolute atomic E-state index is 0.269. The molecule has 0 aromatic heterocycles. The van der Waals surface area contributed by atoms with Crippen molar-refractivity contribution in [1.29, 1.82) is 0 Å². The Bertz CT molecular complexity index is 683. The SMILES string of the molecule is CCOc1cccc(/C=C2\SC(=O)N(CC(=O)OC(C)C)C2=O)c1. The molecule has 0 spiro atoms. The lowest BCUT2D eigenvalue weighted by molar-refractivity contribution is -0.149. The molecule has 0 saturated carbocycles. The Labute approximate surface area is 144 Å². The summed E-state index contributed by atoms with van der Waals surface area (Å²) < 4.78 is 10.4. The Hall–Kier alpha value is -2.28. The first kappa shape index (κ1) is 18.1. The number of benzene rings is 1. The van der Waals surface area contributed by atoms with Crippen molar-refractivity contribution in [2.24, 2.45) is 0 Å². The molecule has 1 aromatic carbocycles. The molecule has 0 bridgehead atoms. The lowest BCUT2D eigenvalue weighted by Gasteiger charge is -2.13. The second kappa shape index (κ2) is 8.01. The molecule has 1 aromatic rings. The molecule has 0 radical (unpaired) electrons. The third-order valence-corrected chi connectivity index (χ3v) is 3.90. The molecule has 7 heteroatoms. The van der Waals surface area contributed by atoms with E-state index in [1.807, 2.05) is 19.1 Å². The fourth-order valence-corrected chi connectivity index (χ4v) is 2.92. The van der Waals surface area contributed by atoms with Crippen LogP contribution in [0.25, 0.3) is 6.08 Å². The third-order valence-electron chi connectivity index (χ3n) is 2.99. The Kier molecular flexibility index (Phi) is 6.03. The Balaban J connectivity index is 2.13. The van der Waals surface area contributed by atoms with E-state index < -0.39 is 17.1 Å². The lowest BCUT2D eigenvalue weighted by Crippen LogP contribution is -2.35. The van der Waals surface area contributed by atoms with E-state index in [0.717, 1.165) is 22.2 Å². The summed E-state index contributed by atoms with van der Waals surface area (Å²) in [6.07, 6.45) is 1.32. The highest BCUT2D eigenvalue weighted by Crippen LogP contribution is 2.32. The van der Waals surface area contributed by atoms with Crippen LogP contribution < -0.4 is 4.74 Å². The van der Waals surface area contributed by atoms with Crippen molar-refractivity contribution in [1.82, 2.24) is 4.90 Å². The third kappa shape index (κ3) is 4.61. The summed E-state index contributed by atoms with van der Waals surface area (Å²) in [6.45, 7) is 5.46. The minimum atomic E-state index is -0.605. The Morgan fingerprint density at radius 3 is 2.75 bits per heavy atom. The van der Waals surface area contributed by atoms with Gasteiger partial charge in [0.15, 0.2) is 0 Å². The van der Waals surface area contributed by atoms with Gasteiger partial charge in [-0.15, -0.1) is 0 Å². The number of thioether (sulfide) groups is 1. The van der Waals surface area contributed by atoms with Crippen LogP contribution in [0.2, 0.25) is 0 Å². The lowest BCUT2D eigenvalue weighted by atomic mass is 10.2. The maximum Gasteiger partial charge on any atom is 0.326 e. The van der Waals surface area contributed by atoms with Gasteiger partial charge in [-0.05, 0) is 56.3 Å². The molecular weight excluding hydrogens is 330 g/mol. The molecule has 0 aliphatic carbocycles. The zero-order chi connectivity index (χ0) is 17.7. The highest BCUT2D eigenvalue weighted by atomic mass is 32.2. The molecule has 1 saturated heterocycles. The molecule has 6 nitrogen and oxygen atoms in total. The maximum atomic E-state index is 12.3. The van der Waals surface area contributed by atoms with Crippen molar-refractivity contribution < 1.29 is 23.9 Å². The highest BCUT2D eigenvalue weighted by Gasteiger charge is 2.36. The first-order valence-electron chi connectivity index (χ1n) is 7.58. The standard InChI is InChI=1S/C17H19NO5S/c1-4-22-13-7-5-6-12(8-13)9-14-16(20)18(17(21)24-14)10-15(19)23-11(2)3/h5-9,11H,4,10H2,1-3H3/b14-9-. The largest absolute Gasteiger partial charge is 0.494 e. The number of carbonyl (C=O) groups excluding carboxylic acids is 3. The number of hydrogen-bond donors (Lipinski definition) is 0. The van der Waals surface area contributed by atoms with Gasteiger partial charge < -0.3 is 9.47 Å². The number of imide groups is 1. The van der Waals surface area contributed by atoms with Crippen LogP contribution in [0, 0.1) is 0 Å². The summed E-state index contributed by atoms with van der Waals surface area (Å²) in [5.41, 5.74) is 0.746. The molecular formula is C17H19NO5S.